The summed E-state index contributed by atoms with van der Waals surface area (Å²) in [5.74, 6) is -0.819. The van der Waals surface area contributed by atoms with Crippen molar-refractivity contribution in [2.45, 2.75) is 328 Å². The smallest absolute Gasteiger partial charge is 0.462 e. The molecular formula is C75H132NO8P. The average Bonchev–Trinajstić information content (AvgIpc) is 3.53. The van der Waals surface area contributed by atoms with Gasteiger partial charge in [0.1, 0.15) is 6.61 Å². The maximum absolute atomic E-state index is 12.8. The van der Waals surface area contributed by atoms with Crippen LogP contribution in [0.5, 0.6) is 0 Å². The molecule has 85 heavy (non-hydrogen) atoms. The number of phosphoric acid groups is 1. The van der Waals surface area contributed by atoms with Gasteiger partial charge in [0.05, 0.1) is 13.2 Å². The van der Waals surface area contributed by atoms with E-state index in [2.05, 4.69) is 123 Å². The van der Waals surface area contributed by atoms with Crippen LogP contribution in [0, 0.1) is 0 Å². The van der Waals surface area contributed by atoms with Gasteiger partial charge in [0.25, 0.3) is 0 Å². The summed E-state index contributed by atoms with van der Waals surface area (Å²) in [6.45, 7) is 3.65. The molecule has 2 unspecified atom stereocenters. The lowest BCUT2D eigenvalue weighted by Gasteiger charge is -2.19. The van der Waals surface area contributed by atoms with Crippen molar-refractivity contribution in [1.82, 2.24) is 0 Å². The van der Waals surface area contributed by atoms with E-state index in [4.69, 9.17) is 24.3 Å². The molecule has 0 radical (unpaired) electrons. The molecule has 0 fully saturated rings. The van der Waals surface area contributed by atoms with E-state index in [-0.39, 0.29) is 38.6 Å². The summed E-state index contributed by atoms with van der Waals surface area (Å²) in [6.07, 6.45) is 96.1. The van der Waals surface area contributed by atoms with E-state index in [1.54, 1.807) is 0 Å². The second-order valence-electron chi connectivity index (χ2n) is 23.4. The van der Waals surface area contributed by atoms with Gasteiger partial charge in [-0.25, -0.2) is 4.57 Å². The van der Waals surface area contributed by atoms with Crippen molar-refractivity contribution in [3.05, 3.63) is 109 Å². The van der Waals surface area contributed by atoms with Crippen LogP contribution in [0.1, 0.15) is 322 Å². The molecule has 10 heteroatoms. The third-order valence-electron chi connectivity index (χ3n) is 15.1. The molecule has 0 saturated heterocycles. The highest BCUT2D eigenvalue weighted by molar-refractivity contribution is 7.47. The Morgan fingerprint density at radius 2 is 0.647 bits per heavy atom. The van der Waals surface area contributed by atoms with Crippen LogP contribution in [0.4, 0.5) is 0 Å². The molecule has 0 rings (SSSR count). The predicted octanol–water partition coefficient (Wildman–Crippen LogP) is 23.3. The van der Waals surface area contributed by atoms with E-state index in [9.17, 15) is 19.0 Å². The maximum Gasteiger partial charge on any atom is 0.472 e. The number of rotatable bonds is 66. The van der Waals surface area contributed by atoms with Gasteiger partial charge in [-0.15, -0.1) is 0 Å². The number of hydrogen-bond donors (Lipinski definition) is 2. The number of esters is 2. The molecule has 0 aliphatic heterocycles. The fourth-order valence-electron chi connectivity index (χ4n) is 9.94. The van der Waals surface area contributed by atoms with Crippen LogP contribution in [0.25, 0.3) is 0 Å². The fourth-order valence-corrected chi connectivity index (χ4v) is 10.7. The van der Waals surface area contributed by atoms with Gasteiger partial charge in [-0.1, -0.05) is 316 Å². The van der Waals surface area contributed by atoms with Crippen molar-refractivity contribution >= 4 is 19.8 Å². The molecular weight excluding hydrogens is 1070 g/mol. The maximum atomic E-state index is 12.8. The van der Waals surface area contributed by atoms with Crippen LogP contribution >= 0.6 is 7.82 Å². The summed E-state index contributed by atoms with van der Waals surface area (Å²) < 4.78 is 33.2. The number of ether oxygens (including phenoxy) is 2. The molecule has 0 heterocycles. The molecule has 0 bridgehead atoms. The third-order valence-corrected chi connectivity index (χ3v) is 16.1. The number of allylic oxidation sites excluding steroid dienone is 18. The van der Waals surface area contributed by atoms with Crippen LogP contribution in [-0.2, 0) is 32.7 Å². The largest absolute Gasteiger partial charge is 0.472 e. The van der Waals surface area contributed by atoms with Crippen LogP contribution in [0.2, 0.25) is 0 Å². The Kier molecular flexibility index (Phi) is 67.0. The molecule has 2 atom stereocenters. The SMILES string of the molecule is CC/C=C\C/C=C\C/C=C\C/C=C\C/C=C\C/C=C\C/C=C\CCCCCCCCCCCCCCCCCCCC(=O)OC(COC(=O)CCCCCCCCCCCCCCC/C=C\C/C=C\CCCCCCC)COP(=O)(O)OCCN. The molecule has 0 aromatic heterocycles. The number of carbonyl (C=O) groups is 2. The number of carbonyl (C=O) groups excluding carboxylic acids is 2. The molecule has 0 aromatic rings. The molecule has 490 valence electrons. The first-order valence-corrected chi connectivity index (χ1v) is 36.9. The predicted molar refractivity (Wildman–Crippen MR) is 367 cm³/mol. The van der Waals surface area contributed by atoms with Crippen LogP contribution in [0.3, 0.4) is 0 Å². The molecule has 0 spiro atoms. The number of phosphoric ester groups is 1. The topological polar surface area (TPSA) is 134 Å². The molecule has 0 aliphatic rings. The first kappa shape index (κ1) is 81.7. The lowest BCUT2D eigenvalue weighted by atomic mass is 10.0. The fraction of sp³-hybridized carbons (Fsp3) is 0.733. The highest BCUT2D eigenvalue weighted by atomic mass is 31.2. The molecule has 3 N–H and O–H groups in total. The third kappa shape index (κ3) is 69.6. The van der Waals surface area contributed by atoms with Gasteiger partial charge in [0.2, 0.25) is 0 Å². The van der Waals surface area contributed by atoms with Gasteiger partial charge in [0.15, 0.2) is 6.10 Å². The summed E-state index contributed by atoms with van der Waals surface area (Å²) in [5, 5.41) is 0. The van der Waals surface area contributed by atoms with Gasteiger partial charge in [-0.3, -0.25) is 18.6 Å². The molecule has 9 nitrogen and oxygen atoms in total. The van der Waals surface area contributed by atoms with Crippen LogP contribution in [-0.4, -0.2) is 49.3 Å². The monoisotopic (exact) mass is 1210 g/mol. The molecule has 0 aromatic carbocycles. The summed E-state index contributed by atoms with van der Waals surface area (Å²) in [5.41, 5.74) is 5.40. The zero-order chi connectivity index (χ0) is 61.6. The Hall–Kier alpha value is -3.33. The zero-order valence-electron chi connectivity index (χ0n) is 55.1. The van der Waals surface area contributed by atoms with E-state index in [0.717, 1.165) is 89.9 Å². The Morgan fingerprint density at radius 1 is 0.365 bits per heavy atom. The Labute approximate surface area is 524 Å². The number of nitrogens with two attached hydrogens (primary N) is 1. The van der Waals surface area contributed by atoms with Crippen molar-refractivity contribution in [2.24, 2.45) is 5.73 Å². The van der Waals surface area contributed by atoms with Crippen molar-refractivity contribution in [2.75, 3.05) is 26.4 Å². The van der Waals surface area contributed by atoms with Crippen molar-refractivity contribution in [3.8, 4) is 0 Å². The van der Waals surface area contributed by atoms with Crippen LogP contribution < -0.4 is 5.73 Å². The number of unbranched alkanes of at least 4 members (excludes halogenated alkanes) is 35. The second-order valence-corrected chi connectivity index (χ2v) is 24.8. The van der Waals surface area contributed by atoms with Gasteiger partial charge in [-0.05, 0) is 103 Å². The minimum absolute atomic E-state index is 0.0512. The van der Waals surface area contributed by atoms with Gasteiger partial charge >= 0.3 is 19.8 Å². The van der Waals surface area contributed by atoms with E-state index in [1.165, 1.54) is 199 Å². The molecule has 0 saturated carbocycles. The minimum atomic E-state index is -4.40. The summed E-state index contributed by atoms with van der Waals surface area (Å²) in [6, 6.07) is 0. The summed E-state index contributed by atoms with van der Waals surface area (Å²) in [4.78, 5) is 35.4. The van der Waals surface area contributed by atoms with Gasteiger partial charge in [-0.2, -0.15) is 0 Å². The van der Waals surface area contributed by atoms with E-state index in [1.807, 2.05) is 0 Å². The standard InChI is InChI=1S/C75H132NO8P/c1-3-5-7-9-11-13-15-17-19-21-23-25-27-29-30-31-32-33-34-35-36-37-38-39-40-41-42-44-46-48-50-52-54-56-58-60-62-64-66-68-75(78)84-73(72-83-85(79,80)82-70-69-76)71-81-74(77)67-65-63-61-59-57-55-53-51-49-47-45-43-28-26-24-22-20-18-16-14-12-10-8-6-4-2/h5,7,11,13,16-19,22-25,29-30,32-33,35-36,73H,3-4,6,8-10,12,14-15,20-21,26-28,31,34,37-72,76H2,1-2H3,(H,79,80)/b7-5-,13-11-,18-16-,19-17-,24-22-,25-23-,30-29-,33-32-,36-35-. The Bertz CT molecular complexity index is 1760. The van der Waals surface area contributed by atoms with Gasteiger partial charge < -0.3 is 20.1 Å². The lowest BCUT2D eigenvalue weighted by Crippen LogP contribution is -2.29. The average molecular weight is 1210 g/mol. The highest BCUT2D eigenvalue weighted by Gasteiger charge is 2.26. The highest BCUT2D eigenvalue weighted by Crippen LogP contribution is 2.43. The van der Waals surface area contributed by atoms with Gasteiger partial charge in [0, 0.05) is 19.4 Å². The van der Waals surface area contributed by atoms with E-state index >= 15 is 0 Å². The first-order valence-electron chi connectivity index (χ1n) is 35.4. The van der Waals surface area contributed by atoms with E-state index < -0.39 is 26.5 Å². The molecule has 0 aliphatic carbocycles. The Morgan fingerprint density at radius 3 is 0.965 bits per heavy atom. The van der Waals surface area contributed by atoms with Crippen molar-refractivity contribution in [1.29, 1.82) is 0 Å². The second kappa shape index (κ2) is 69.8. The van der Waals surface area contributed by atoms with E-state index in [0.29, 0.717) is 6.42 Å². The quantitative estimate of drug-likeness (QED) is 0.0264. The first-order chi connectivity index (χ1) is 41.8. The number of hydrogen-bond acceptors (Lipinski definition) is 8. The summed E-state index contributed by atoms with van der Waals surface area (Å²) >= 11 is 0. The Balaban J connectivity index is 3.86. The normalized spacial score (nSPS) is 13.6. The minimum Gasteiger partial charge on any atom is -0.462 e. The van der Waals surface area contributed by atoms with Crippen molar-refractivity contribution < 1.29 is 37.6 Å². The lowest BCUT2D eigenvalue weighted by molar-refractivity contribution is -0.161. The molecule has 0 amide bonds. The van der Waals surface area contributed by atoms with Crippen molar-refractivity contribution in [3.63, 3.8) is 0 Å². The summed E-state index contributed by atoms with van der Waals surface area (Å²) in [7, 11) is -4.40. The van der Waals surface area contributed by atoms with Crippen LogP contribution in [0.15, 0.2) is 109 Å². The zero-order valence-corrected chi connectivity index (χ0v) is 56.0.